The van der Waals surface area contributed by atoms with E-state index in [0.29, 0.717) is 23.4 Å². The number of hydrogen-bond acceptors (Lipinski definition) is 4. The second-order valence-corrected chi connectivity index (χ2v) is 5.35. The van der Waals surface area contributed by atoms with Crippen molar-refractivity contribution >= 4 is 22.6 Å². The predicted octanol–water partition coefficient (Wildman–Crippen LogP) is 3.15. The molecule has 1 aliphatic rings. The fourth-order valence-corrected chi connectivity index (χ4v) is 2.75. The van der Waals surface area contributed by atoms with E-state index >= 15 is 0 Å². The Kier molecular flexibility index (Phi) is 3.99. The van der Waals surface area contributed by atoms with E-state index in [1.54, 1.807) is 4.57 Å². The predicted molar refractivity (Wildman–Crippen MR) is 85.8 cm³/mol. The first-order chi connectivity index (χ1) is 10.3. The fourth-order valence-electron chi connectivity index (χ4n) is 2.75. The number of anilines is 1. The number of rotatable bonds is 3. The summed E-state index contributed by atoms with van der Waals surface area (Å²) in [5.41, 5.74) is 4.87. The standard InChI is InChI=1S/C16H20N4O/c1-2-20-15(21)13-10-6-7-11-14(13)17-16(20)19-18-12-8-4-3-5-9-12/h6-7,10-11H,2-5,8-9H2,1H3,(H,17,19). The number of hydrazone groups is 1. The van der Waals surface area contributed by atoms with Gasteiger partial charge in [0, 0.05) is 12.3 Å². The Hall–Kier alpha value is -2.17. The molecule has 1 fully saturated rings. The summed E-state index contributed by atoms with van der Waals surface area (Å²) in [6, 6.07) is 7.42. The molecule has 5 heteroatoms. The quantitative estimate of drug-likeness (QED) is 0.881. The van der Waals surface area contributed by atoms with Crippen molar-refractivity contribution in [3.63, 3.8) is 0 Å². The lowest BCUT2D eigenvalue weighted by molar-refractivity contribution is 0.664. The number of aromatic nitrogens is 2. The Balaban J connectivity index is 1.99. The largest absolute Gasteiger partial charge is 0.277 e. The van der Waals surface area contributed by atoms with Gasteiger partial charge in [-0.2, -0.15) is 5.10 Å². The summed E-state index contributed by atoms with van der Waals surface area (Å²) in [5.74, 6) is 0.527. The summed E-state index contributed by atoms with van der Waals surface area (Å²) in [6.45, 7) is 2.51. The van der Waals surface area contributed by atoms with Crippen LogP contribution < -0.4 is 11.0 Å². The number of benzene rings is 1. The van der Waals surface area contributed by atoms with Crippen LogP contribution in [0.25, 0.3) is 10.9 Å². The molecular weight excluding hydrogens is 264 g/mol. The molecule has 0 saturated heterocycles. The highest BCUT2D eigenvalue weighted by atomic mass is 16.1. The molecule has 0 atom stereocenters. The van der Waals surface area contributed by atoms with Crippen molar-refractivity contribution in [1.82, 2.24) is 9.55 Å². The second-order valence-electron chi connectivity index (χ2n) is 5.35. The van der Waals surface area contributed by atoms with Crippen LogP contribution in [-0.4, -0.2) is 15.3 Å². The molecule has 0 aliphatic heterocycles. The number of nitrogens with one attached hydrogen (secondary N) is 1. The van der Waals surface area contributed by atoms with Crippen molar-refractivity contribution in [2.24, 2.45) is 5.10 Å². The molecule has 0 bridgehead atoms. The van der Waals surface area contributed by atoms with E-state index in [4.69, 9.17) is 0 Å². The first-order valence-electron chi connectivity index (χ1n) is 7.60. The van der Waals surface area contributed by atoms with E-state index in [1.807, 2.05) is 31.2 Å². The lowest BCUT2D eigenvalue weighted by atomic mass is 9.99. The number of fused-ring (bicyclic) bond motifs is 1. The molecule has 0 amide bonds. The maximum atomic E-state index is 12.5. The minimum Gasteiger partial charge on any atom is -0.277 e. The van der Waals surface area contributed by atoms with Crippen LogP contribution in [0, 0.1) is 0 Å². The molecule has 1 aromatic carbocycles. The molecule has 0 spiro atoms. The maximum absolute atomic E-state index is 12.5. The van der Waals surface area contributed by atoms with Crippen LogP contribution >= 0.6 is 0 Å². The zero-order valence-electron chi connectivity index (χ0n) is 12.3. The van der Waals surface area contributed by atoms with Crippen LogP contribution in [-0.2, 0) is 6.54 Å². The summed E-state index contributed by atoms with van der Waals surface area (Å²) in [5, 5.41) is 5.10. The Labute approximate surface area is 123 Å². The third-order valence-corrected chi connectivity index (χ3v) is 3.92. The summed E-state index contributed by atoms with van der Waals surface area (Å²) in [7, 11) is 0. The van der Waals surface area contributed by atoms with E-state index in [0.717, 1.165) is 12.8 Å². The Morgan fingerprint density at radius 1 is 1.24 bits per heavy atom. The van der Waals surface area contributed by atoms with Crippen molar-refractivity contribution in [3.8, 4) is 0 Å². The number of para-hydroxylation sites is 1. The Bertz CT molecular complexity index is 725. The van der Waals surface area contributed by atoms with Gasteiger partial charge in [-0.1, -0.05) is 18.6 Å². The van der Waals surface area contributed by atoms with Crippen LogP contribution in [0.1, 0.15) is 39.0 Å². The molecule has 0 radical (unpaired) electrons. The van der Waals surface area contributed by atoms with Gasteiger partial charge in [-0.05, 0) is 44.7 Å². The van der Waals surface area contributed by atoms with Crippen molar-refractivity contribution in [1.29, 1.82) is 0 Å². The zero-order valence-corrected chi connectivity index (χ0v) is 12.3. The van der Waals surface area contributed by atoms with Crippen LogP contribution in [0.5, 0.6) is 0 Å². The van der Waals surface area contributed by atoms with Gasteiger partial charge in [0.25, 0.3) is 5.56 Å². The van der Waals surface area contributed by atoms with Crippen LogP contribution in [0.15, 0.2) is 34.2 Å². The van der Waals surface area contributed by atoms with Gasteiger partial charge in [-0.3, -0.25) is 9.36 Å². The summed E-state index contributed by atoms with van der Waals surface area (Å²) >= 11 is 0. The molecule has 3 rings (SSSR count). The molecule has 1 aromatic heterocycles. The van der Waals surface area contributed by atoms with Gasteiger partial charge < -0.3 is 0 Å². The lowest BCUT2D eigenvalue weighted by Crippen LogP contribution is -2.23. The molecule has 1 heterocycles. The monoisotopic (exact) mass is 284 g/mol. The van der Waals surface area contributed by atoms with Crippen molar-refractivity contribution in [2.45, 2.75) is 45.6 Å². The van der Waals surface area contributed by atoms with E-state index in [2.05, 4.69) is 15.5 Å². The van der Waals surface area contributed by atoms with Crippen molar-refractivity contribution in [2.75, 3.05) is 5.43 Å². The Morgan fingerprint density at radius 3 is 2.76 bits per heavy atom. The summed E-state index contributed by atoms with van der Waals surface area (Å²) in [6.07, 6.45) is 5.76. The van der Waals surface area contributed by atoms with Gasteiger partial charge in [0.2, 0.25) is 5.95 Å². The van der Waals surface area contributed by atoms with Crippen molar-refractivity contribution in [3.05, 3.63) is 34.6 Å². The third-order valence-electron chi connectivity index (χ3n) is 3.92. The molecule has 2 aromatic rings. The summed E-state index contributed by atoms with van der Waals surface area (Å²) in [4.78, 5) is 17.0. The molecular formula is C16H20N4O. The van der Waals surface area contributed by atoms with Gasteiger partial charge in [0.1, 0.15) is 0 Å². The first kappa shape index (κ1) is 13.8. The van der Waals surface area contributed by atoms with Crippen LogP contribution in [0.3, 0.4) is 0 Å². The molecule has 1 N–H and O–H groups in total. The van der Waals surface area contributed by atoms with Crippen LogP contribution in [0.4, 0.5) is 5.95 Å². The molecule has 5 nitrogen and oxygen atoms in total. The van der Waals surface area contributed by atoms with Crippen LogP contribution in [0.2, 0.25) is 0 Å². The Morgan fingerprint density at radius 2 is 2.00 bits per heavy atom. The third kappa shape index (κ3) is 2.82. The van der Waals surface area contributed by atoms with Crippen molar-refractivity contribution < 1.29 is 0 Å². The van der Waals surface area contributed by atoms with E-state index < -0.39 is 0 Å². The van der Waals surface area contributed by atoms with Gasteiger partial charge in [0.15, 0.2) is 0 Å². The topological polar surface area (TPSA) is 59.3 Å². The highest BCUT2D eigenvalue weighted by Crippen LogP contribution is 2.16. The first-order valence-corrected chi connectivity index (χ1v) is 7.60. The maximum Gasteiger partial charge on any atom is 0.262 e. The fraction of sp³-hybridized carbons (Fsp3) is 0.438. The average molecular weight is 284 g/mol. The van der Waals surface area contributed by atoms with E-state index in [-0.39, 0.29) is 5.56 Å². The number of nitrogens with zero attached hydrogens (tertiary/aromatic N) is 3. The minimum atomic E-state index is -0.0190. The normalized spacial score (nSPS) is 15.2. The lowest BCUT2D eigenvalue weighted by Gasteiger charge is -2.14. The van der Waals surface area contributed by atoms with Gasteiger partial charge in [0.05, 0.1) is 10.9 Å². The zero-order chi connectivity index (χ0) is 14.7. The molecule has 1 saturated carbocycles. The van der Waals surface area contributed by atoms with Gasteiger partial charge in [-0.25, -0.2) is 10.4 Å². The smallest absolute Gasteiger partial charge is 0.262 e. The highest BCUT2D eigenvalue weighted by Gasteiger charge is 2.10. The summed E-state index contributed by atoms with van der Waals surface area (Å²) < 4.78 is 1.63. The van der Waals surface area contributed by atoms with E-state index in [9.17, 15) is 4.79 Å². The SMILES string of the molecule is CCn1c(NN=C2CCCCC2)nc2ccccc2c1=O. The second kappa shape index (κ2) is 6.08. The molecule has 21 heavy (non-hydrogen) atoms. The van der Waals surface area contributed by atoms with E-state index in [1.165, 1.54) is 25.0 Å². The molecule has 0 unspecified atom stereocenters. The average Bonchev–Trinajstić information content (AvgIpc) is 2.54. The molecule has 110 valence electrons. The minimum absolute atomic E-state index is 0.0190. The van der Waals surface area contributed by atoms with Gasteiger partial charge >= 0.3 is 0 Å². The van der Waals surface area contributed by atoms with Gasteiger partial charge in [-0.15, -0.1) is 0 Å². The highest BCUT2D eigenvalue weighted by molar-refractivity contribution is 5.85. The number of hydrogen-bond donors (Lipinski definition) is 1. The molecule has 1 aliphatic carbocycles.